The number of benzene rings is 3. The van der Waals surface area contributed by atoms with Gasteiger partial charge in [-0.3, -0.25) is 9.59 Å². The van der Waals surface area contributed by atoms with Crippen LogP contribution in [0.1, 0.15) is 52.9 Å². The van der Waals surface area contributed by atoms with E-state index in [0.717, 1.165) is 11.1 Å². The largest absolute Gasteiger partial charge is 0.490 e. The number of fused-ring (bicyclic) bond motifs is 4. The molecule has 0 unspecified atom stereocenters. The van der Waals surface area contributed by atoms with Crippen LogP contribution in [0, 0.1) is 5.82 Å². The second-order valence-electron chi connectivity index (χ2n) is 8.74. The van der Waals surface area contributed by atoms with Crippen LogP contribution < -0.4 is 14.8 Å². The molecule has 36 heavy (non-hydrogen) atoms. The highest BCUT2D eigenvalue weighted by Crippen LogP contribution is 2.48. The van der Waals surface area contributed by atoms with E-state index < -0.39 is 17.8 Å². The quantitative estimate of drug-likeness (QED) is 0.460. The van der Waals surface area contributed by atoms with Gasteiger partial charge in [0.2, 0.25) is 5.91 Å². The Labute approximate surface area is 214 Å². The molecule has 8 heteroatoms. The molecule has 3 aromatic rings. The molecule has 0 saturated heterocycles. The number of halogens is 2. The summed E-state index contributed by atoms with van der Waals surface area (Å²) < 4.78 is 25.4. The van der Waals surface area contributed by atoms with Gasteiger partial charge in [-0.15, -0.1) is 0 Å². The van der Waals surface area contributed by atoms with Gasteiger partial charge in [-0.25, -0.2) is 4.39 Å². The molecule has 0 bridgehead atoms. The van der Waals surface area contributed by atoms with Crippen molar-refractivity contribution in [2.45, 2.75) is 32.2 Å². The van der Waals surface area contributed by atoms with Crippen molar-refractivity contribution in [2.75, 3.05) is 25.1 Å². The van der Waals surface area contributed by atoms with Crippen LogP contribution in [0.15, 0.2) is 54.6 Å². The first-order valence-electron chi connectivity index (χ1n) is 12.0. The Morgan fingerprint density at radius 3 is 2.50 bits per heavy atom. The highest BCUT2D eigenvalue weighted by atomic mass is 35.5. The molecule has 2 atom stereocenters. The maximum absolute atomic E-state index is 13.8. The van der Waals surface area contributed by atoms with Gasteiger partial charge in [0.25, 0.3) is 5.91 Å². The molecule has 1 N–H and O–H groups in total. The third kappa shape index (κ3) is 4.17. The molecule has 2 aliphatic rings. The van der Waals surface area contributed by atoms with Crippen molar-refractivity contribution in [1.82, 2.24) is 4.90 Å². The molecule has 6 nitrogen and oxygen atoms in total. The van der Waals surface area contributed by atoms with Gasteiger partial charge in [0.1, 0.15) is 5.82 Å². The van der Waals surface area contributed by atoms with Crippen LogP contribution >= 0.6 is 11.6 Å². The van der Waals surface area contributed by atoms with E-state index in [4.69, 9.17) is 21.1 Å². The monoisotopic (exact) mass is 508 g/mol. The fourth-order valence-corrected chi connectivity index (χ4v) is 5.33. The first-order valence-corrected chi connectivity index (χ1v) is 12.4. The number of carbonyl (C=O) groups is 2. The smallest absolute Gasteiger partial charge is 0.254 e. The van der Waals surface area contributed by atoms with Gasteiger partial charge in [-0.2, -0.15) is 0 Å². The Morgan fingerprint density at radius 2 is 1.78 bits per heavy atom. The number of carbonyl (C=O) groups excluding carboxylic acids is 2. The second kappa shape index (κ2) is 9.82. The lowest BCUT2D eigenvalue weighted by Crippen LogP contribution is -2.49. The van der Waals surface area contributed by atoms with Crippen LogP contribution in [0.2, 0.25) is 5.02 Å². The van der Waals surface area contributed by atoms with E-state index in [9.17, 15) is 14.0 Å². The molecule has 2 amide bonds. The summed E-state index contributed by atoms with van der Waals surface area (Å²) >= 11 is 5.94. The molecular weight excluding hydrogens is 483 g/mol. The minimum Gasteiger partial charge on any atom is -0.490 e. The van der Waals surface area contributed by atoms with Crippen molar-refractivity contribution in [1.29, 1.82) is 0 Å². The van der Waals surface area contributed by atoms with Gasteiger partial charge < -0.3 is 19.7 Å². The molecule has 186 valence electrons. The molecule has 0 fully saturated rings. The molecular formula is C28H26ClFN2O4. The van der Waals surface area contributed by atoms with E-state index in [-0.39, 0.29) is 16.8 Å². The summed E-state index contributed by atoms with van der Waals surface area (Å²) in [5.74, 6) is -0.459. The molecule has 2 heterocycles. The number of ether oxygens (including phenoxy) is 2. The van der Waals surface area contributed by atoms with Gasteiger partial charge in [0.15, 0.2) is 11.5 Å². The van der Waals surface area contributed by atoms with Crippen LogP contribution in [0.25, 0.3) is 0 Å². The maximum Gasteiger partial charge on any atom is 0.254 e. The highest BCUT2D eigenvalue weighted by molar-refractivity contribution is 6.31. The van der Waals surface area contributed by atoms with Crippen molar-refractivity contribution >= 4 is 29.1 Å². The number of rotatable bonds is 6. The van der Waals surface area contributed by atoms with Gasteiger partial charge in [0.05, 0.1) is 30.2 Å². The molecule has 0 saturated carbocycles. The number of nitrogens with one attached hydrogen (secondary N) is 1. The van der Waals surface area contributed by atoms with E-state index in [1.54, 1.807) is 17.0 Å². The summed E-state index contributed by atoms with van der Waals surface area (Å²) in [6.07, 6.45) is 0.633. The number of amides is 2. The SMILES string of the molecule is CCOc1cc2c(cc1OCC)[C@H]1[C@H](C(=O)Nc3ccc(F)c(Cl)c3)c3ccccc3C(=O)N1CC2. The van der Waals surface area contributed by atoms with E-state index in [2.05, 4.69) is 5.32 Å². The molecule has 2 aliphatic heterocycles. The number of anilines is 1. The van der Waals surface area contributed by atoms with Crippen molar-refractivity contribution in [3.05, 3.63) is 87.7 Å². The lowest BCUT2D eigenvalue weighted by molar-refractivity contribution is -0.119. The molecule has 5 rings (SSSR count). The van der Waals surface area contributed by atoms with Crippen LogP contribution in [-0.2, 0) is 11.2 Å². The minimum atomic E-state index is -0.700. The molecule has 3 aromatic carbocycles. The van der Waals surface area contributed by atoms with E-state index in [1.165, 1.54) is 18.2 Å². The zero-order valence-electron chi connectivity index (χ0n) is 20.0. The van der Waals surface area contributed by atoms with Crippen molar-refractivity contribution in [3.8, 4) is 11.5 Å². The second-order valence-corrected chi connectivity index (χ2v) is 9.15. The summed E-state index contributed by atoms with van der Waals surface area (Å²) in [7, 11) is 0. The highest BCUT2D eigenvalue weighted by Gasteiger charge is 2.46. The van der Waals surface area contributed by atoms with Crippen LogP contribution in [-0.4, -0.2) is 36.5 Å². The van der Waals surface area contributed by atoms with Crippen LogP contribution in [0.5, 0.6) is 11.5 Å². The van der Waals surface area contributed by atoms with Crippen LogP contribution in [0.3, 0.4) is 0 Å². The fourth-order valence-electron chi connectivity index (χ4n) is 5.15. The minimum absolute atomic E-state index is 0.0820. The Balaban J connectivity index is 1.63. The first-order chi connectivity index (χ1) is 17.4. The summed E-state index contributed by atoms with van der Waals surface area (Å²) in [4.78, 5) is 29.1. The van der Waals surface area contributed by atoms with Crippen molar-refractivity contribution in [3.63, 3.8) is 0 Å². The normalized spacial score (nSPS) is 18.1. The Kier molecular flexibility index (Phi) is 6.58. The fraction of sp³-hybridized carbons (Fsp3) is 0.286. The Morgan fingerprint density at radius 1 is 1.06 bits per heavy atom. The van der Waals surface area contributed by atoms with Crippen LogP contribution in [0.4, 0.5) is 10.1 Å². The topological polar surface area (TPSA) is 67.9 Å². The van der Waals surface area contributed by atoms with Crippen molar-refractivity contribution in [2.24, 2.45) is 0 Å². The average Bonchev–Trinajstić information content (AvgIpc) is 2.87. The Bertz CT molecular complexity index is 1350. The summed E-state index contributed by atoms with van der Waals surface area (Å²) in [6.45, 7) is 5.22. The summed E-state index contributed by atoms with van der Waals surface area (Å²) in [6, 6.07) is 14.6. The lowest BCUT2D eigenvalue weighted by atomic mass is 9.75. The third-order valence-corrected chi connectivity index (χ3v) is 6.94. The van der Waals surface area contributed by atoms with E-state index in [0.29, 0.717) is 54.5 Å². The van der Waals surface area contributed by atoms with Gasteiger partial charge in [-0.1, -0.05) is 29.8 Å². The maximum atomic E-state index is 13.8. The summed E-state index contributed by atoms with van der Waals surface area (Å²) in [5, 5.41) is 2.80. The zero-order valence-corrected chi connectivity index (χ0v) is 20.8. The number of nitrogens with zero attached hydrogens (tertiary/aromatic N) is 1. The lowest BCUT2D eigenvalue weighted by Gasteiger charge is -2.45. The predicted molar refractivity (Wildman–Crippen MR) is 135 cm³/mol. The van der Waals surface area contributed by atoms with Gasteiger partial charge in [-0.05, 0) is 73.4 Å². The molecule has 0 aromatic heterocycles. The van der Waals surface area contributed by atoms with Gasteiger partial charge in [0, 0.05) is 17.8 Å². The number of hydrogen-bond acceptors (Lipinski definition) is 4. The van der Waals surface area contributed by atoms with E-state index >= 15 is 0 Å². The standard InChI is InChI=1S/C28H26ClFN2O4/c1-3-35-23-13-16-11-12-32-26(20(16)15-24(23)36-4-2)25(18-7-5-6-8-19(18)28(32)34)27(33)31-17-9-10-22(30)21(29)14-17/h5-10,13-15,25-26H,3-4,11-12H2,1-2H3,(H,31,33)/t25-,26+/m1/s1. The van der Waals surface area contributed by atoms with Gasteiger partial charge >= 0.3 is 0 Å². The van der Waals surface area contributed by atoms with E-state index in [1.807, 2.05) is 38.1 Å². The zero-order chi connectivity index (χ0) is 25.4. The van der Waals surface area contributed by atoms with Crippen molar-refractivity contribution < 1.29 is 23.5 Å². The molecule has 0 radical (unpaired) electrons. The number of hydrogen-bond donors (Lipinski definition) is 1. The third-order valence-electron chi connectivity index (χ3n) is 6.65. The Hall–Kier alpha value is -3.58. The average molecular weight is 509 g/mol. The predicted octanol–water partition coefficient (Wildman–Crippen LogP) is 5.75. The summed E-state index contributed by atoms with van der Waals surface area (Å²) in [5.41, 5.74) is 3.40. The molecule has 0 aliphatic carbocycles. The first kappa shape index (κ1) is 24.1. The molecule has 0 spiro atoms.